The molecule has 5 heteroatoms. The zero-order valence-corrected chi connectivity index (χ0v) is 13.8. The number of aliphatic hydroxyl groups excluding tert-OH is 1. The van der Waals surface area contributed by atoms with Gasteiger partial charge in [-0.3, -0.25) is 0 Å². The van der Waals surface area contributed by atoms with E-state index in [9.17, 15) is 5.11 Å². The quantitative estimate of drug-likeness (QED) is 0.797. The molecule has 2 heterocycles. The average Bonchev–Trinajstić information content (AvgIpc) is 2.98. The third-order valence-electron chi connectivity index (χ3n) is 4.47. The molecule has 2 aromatic heterocycles. The van der Waals surface area contributed by atoms with Crippen molar-refractivity contribution in [3.63, 3.8) is 0 Å². The molecule has 1 N–H and O–H groups in total. The Bertz CT molecular complexity index is 812. The third-order valence-corrected chi connectivity index (χ3v) is 5.56. The van der Waals surface area contributed by atoms with Crippen LogP contribution < -0.4 is 4.90 Å². The van der Waals surface area contributed by atoms with Gasteiger partial charge in [-0.25, -0.2) is 9.97 Å². The van der Waals surface area contributed by atoms with Gasteiger partial charge in [-0.1, -0.05) is 30.3 Å². The Morgan fingerprint density at radius 1 is 1.22 bits per heavy atom. The first-order chi connectivity index (χ1) is 11.2. The summed E-state index contributed by atoms with van der Waals surface area (Å²) >= 11 is 1.70. The lowest BCUT2D eigenvalue weighted by molar-refractivity contribution is 0.0464. The molecule has 1 aliphatic rings. The zero-order chi connectivity index (χ0) is 15.8. The molecule has 118 valence electrons. The summed E-state index contributed by atoms with van der Waals surface area (Å²) in [5.41, 5.74) is 1.21. The first-order valence-electron chi connectivity index (χ1n) is 7.90. The van der Waals surface area contributed by atoms with E-state index in [0.717, 1.165) is 35.4 Å². The van der Waals surface area contributed by atoms with Crippen molar-refractivity contribution in [3.05, 3.63) is 42.7 Å². The molecule has 23 heavy (non-hydrogen) atoms. The summed E-state index contributed by atoms with van der Waals surface area (Å²) in [5.74, 6) is 1.54. The SMILES string of the molecule is CN(CC1CC(O)C1)c1ncnc2sc(-c3ccccc3)cc12. The minimum Gasteiger partial charge on any atom is -0.393 e. The van der Waals surface area contributed by atoms with E-state index in [2.05, 4.69) is 52.2 Å². The van der Waals surface area contributed by atoms with Gasteiger partial charge in [-0.05, 0) is 30.4 Å². The smallest absolute Gasteiger partial charge is 0.140 e. The second-order valence-electron chi connectivity index (χ2n) is 6.26. The van der Waals surface area contributed by atoms with E-state index in [0.29, 0.717) is 5.92 Å². The number of nitrogens with zero attached hydrogens (tertiary/aromatic N) is 3. The third kappa shape index (κ3) is 2.82. The van der Waals surface area contributed by atoms with Crippen LogP contribution in [-0.2, 0) is 0 Å². The highest BCUT2D eigenvalue weighted by Crippen LogP contribution is 2.36. The maximum Gasteiger partial charge on any atom is 0.140 e. The summed E-state index contributed by atoms with van der Waals surface area (Å²) in [6.07, 6.45) is 3.34. The van der Waals surface area contributed by atoms with Crippen LogP contribution in [0.15, 0.2) is 42.7 Å². The number of benzene rings is 1. The van der Waals surface area contributed by atoms with Crippen molar-refractivity contribution in [2.24, 2.45) is 5.92 Å². The minimum atomic E-state index is -0.107. The minimum absolute atomic E-state index is 0.107. The molecule has 0 amide bonds. The van der Waals surface area contributed by atoms with Crippen LogP contribution in [0.25, 0.3) is 20.7 Å². The lowest BCUT2D eigenvalue weighted by atomic mass is 9.82. The van der Waals surface area contributed by atoms with Crippen molar-refractivity contribution in [2.75, 3.05) is 18.5 Å². The predicted molar refractivity (Wildman–Crippen MR) is 94.9 cm³/mol. The lowest BCUT2D eigenvalue weighted by Gasteiger charge is -2.34. The van der Waals surface area contributed by atoms with Crippen molar-refractivity contribution in [2.45, 2.75) is 18.9 Å². The summed E-state index contributed by atoms with van der Waals surface area (Å²) in [5, 5.41) is 10.6. The molecule has 1 saturated carbocycles. The maximum absolute atomic E-state index is 9.46. The summed E-state index contributed by atoms with van der Waals surface area (Å²) < 4.78 is 0. The van der Waals surface area contributed by atoms with Gasteiger partial charge in [-0.2, -0.15) is 0 Å². The normalized spacial score (nSPS) is 20.4. The number of hydrogen-bond donors (Lipinski definition) is 1. The van der Waals surface area contributed by atoms with Crippen molar-refractivity contribution in [1.29, 1.82) is 0 Å². The first kappa shape index (κ1) is 14.6. The van der Waals surface area contributed by atoms with E-state index in [-0.39, 0.29) is 6.10 Å². The lowest BCUT2D eigenvalue weighted by Crippen LogP contribution is -2.37. The van der Waals surface area contributed by atoms with E-state index in [1.807, 2.05) is 6.07 Å². The molecule has 4 rings (SSSR count). The van der Waals surface area contributed by atoms with Gasteiger partial charge < -0.3 is 10.0 Å². The first-order valence-corrected chi connectivity index (χ1v) is 8.71. The largest absolute Gasteiger partial charge is 0.393 e. The highest BCUT2D eigenvalue weighted by Gasteiger charge is 2.28. The monoisotopic (exact) mass is 325 g/mol. The standard InChI is InChI=1S/C18H19N3OS/c1-21(10-12-7-14(22)8-12)17-15-9-16(13-5-3-2-4-6-13)23-18(15)20-11-19-17/h2-6,9,11-12,14,22H,7-8,10H2,1H3. The highest BCUT2D eigenvalue weighted by molar-refractivity contribution is 7.21. The Morgan fingerprint density at radius 2 is 2.00 bits per heavy atom. The number of aromatic nitrogens is 2. The Hall–Kier alpha value is -1.98. The van der Waals surface area contributed by atoms with Crippen LogP contribution in [0.1, 0.15) is 12.8 Å². The zero-order valence-electron chi connectivity index (χ0n) is 13.0. The van der Waals surface area contributed by atoms with Crippen LogP contribution >= 0.6 is 11.3 Å². The van der Waals surface area contributed by atoms with Crippen molar-refractivity contribution in [1.82, 2.24) is 9.97 Å². The Kier molecular flexibility index (Phi) is 3.75. The molecule has 0 aliphatic heterocycles. The van der Waals surface area contributed by atoms with Crippen molar-refractivity contribution < 1.29 is 5.11 Å². The fraction of sp³-hybridized carbons (Fsp3) is 0.333. The number of anilines is 1. The molecule has 0 atom stereocenters. The number of hydrogen-bond acceptors (Lipinski definition) is 5. The summed E-state index contributed by atoms with van der Waals surface area (Å²) in [6, 6.07) is 12.6. The molecular weight excluding hydrogens is 306 g/mol. The molecule has 0 saturated heterocycles. The molecule has 1 fully saturated rings. The molecule has 1 aromatic carbocycles. The van der Waals surface area contributed by atoms with Gasteiger partial charge in [0.15, 0.2) is 0 Å². The maximum atomic E-state index is 9.46. The molecule has 3 aromatic rings. The van der Waals surface area contributed by atoms with Gasteiger partial charge >= 0.3 is 0 Å². The van der Waals surface area contributed by atoms with Crippen molar-refractivity contribution >= 4 is 27.4 Å². The topological polar surface area (TPSA) is 49.2 Å². The second-order valence-corrected chi connectivity index (χ2v) is 7.30. The molecule has 0 bridgehead atoms. The van der Waals surface area contributed by atoms with E-state index >= 15 is 0 Å². The molecule has 4 nitrogen and oxygen atoms in total. The van der Waals surface area contributed by atoms with E-state index in [1.165, 1.54) is 10.4 Å². The van der Waals surface area contributed by atoms with Gasteiger partial charge in [0.05, 0.1) is 11.5 Å². The van der Waals surface area contributed by atoms with Crippen LogP contribution in [0.2, 0.25) is 0 Å². The fourth-order valence-corrected chi connectivity index (χ4v) is 4.21. The number of fused-ring (bicyclic) bond motifs is 1. The Morgan fingerprint density at radius 3 is 2.74 bits per heavy atom. The number of thiophene rings is 1. The van der Waals surface area contributed by atoms with Crippen LogP contribution in [0.3, 0.4) is 0 Å². The van der Waals surface area contributed by atoms with Crippen LogP contribution in [0, 0.1) is 5.92 Å². The van der Waals surface area contributed by atoms with Gasteiger partial charge in [0.1, 0.15) is 17.0 Å². The van der Waals surface area contributed by atoms with Gasteiger partial charge in [-0.15, -0.1) is 11.3 Å². The van der Waals surface area contributed by atoms with E-state index < -0.39 is 0 Å². The second kappa shape index (κ2) is 5.91. The van der Waals surface area contributed by atoms with Crippen molar-refractivity contribution in [3.8, 4) is 10.4 Å². The molecule has 0 spiro atoms. The summed E-state index contributed by atoms with van der Waals surface area (Å²) in [7, 11) is 2.08. The summed E-state index contributed by atoms with van der Waals surface area (Å²) in [4.78, 5) is 13.4. The van der Waals surface area contributed by atoms with Crippen LogP contribution in [0.4, 0.5) is 5.82 Å². The van der Waals surface area contributed by atoms with Gasteiger partial charge in [0, 0.05) is 18.5 Å². The number of aliphatic hydroxyl groups is 1. The average molecular weight is 325 g/mol. The number of rotatable bonds is 4. The highest BCUT2D eigenvalue weighted by atomic mass is 32.1. The molecule has 1 aliphatic carbocycles. The molecule has 0 unspecified atom stereocenters. The fourth-order valence-electron chi connectivity index (χ4n) is 3.22. The predicted octanol–water partition coefficient (Wildman–Crippen LogP) is 3.57. The van der Waals surface area contributed by atoms with Gasteiger partial charge in [0.2, 0.25) is 0 Å². The molecule has 0 radical (unpaired) electrons. The van der Waals surface area contributed by atoms with E-state index in [4.69, 9.17) is 0 Å². The van der Waals surface area contributed by atoms with E-state index in [1.54, 1.807) is 17.7 Å². The van der Waals surface area contributed by atoms with Crippen LogP contribution in [-0.4, -0.2) is 34.8 Å². The van der Waals surface area contributed by atoms with Crippen LogP contribution in [0.5, 0.6) is 0 Å². The Labute approximate surface area is 139 Å². The van der Waals surface area contributed by atoms with Gasteiger partial charge in [0.25, 0.3) is 0 Å². The molecular formula is C18H19N3OS. The summed E-state index contributed by atoms with van der Waals surface area (Å²) in [6.45, 7) is 0.930. The Balaban J connectivity index is 1.66.